The lowest BCUT2D eigenvalue weighted by Gasteiger charge is -2.13. The summed E-state index contributed by atoms with van der Waals surface area (Å²) in [6, 6.07) is 22.8. The van der Waals surface area contributed by atoms with Crippen molar-refractivity contribution in [1.29, 1.82) is 5.26 Å². The molecule has 0 fully saturated rings. The molecule has 0 spiro atoms. The van der Waals surface area contributed by atoms with Gasteiger partial charge in [-0.1, -0.05) is 42.5 Å². The van der Waals surface area contributed by atoms with Gasteiger partial charge in [0.1, 0.15) is 18.5 Å². The van der Waals surface area contributed by atoms with Crippen molar-refractivity contribution in [2.24, 2.45) is 0 Å². The molecule has 0 amide bonds. The van der Waals surface area contributed by atoms with Crippen molar-refractivity contribution in [3.63, 3.8) is 0 Å². The molecule has 3 heteroatoms. The Hall–Kier alpha value is -2.83. The molecule has 1 unspecified atom stereocenters. The Kier molecular flexibility index (Phi) is 4.04. The maximum Gasteiger partial charge on any atom is 0.120 e. The highest BCUT2D eigenvalue weighted by atomic mass is 16.5. The molecule has 22 heavy (non-hydrogen) atoms. The maximum atomic E-state index is 10.2. The van der Waals surface area contributed by atoms with E-state index >= 15 is 0 Å². The summed E-state index contributed by atoms with van der Waals surface area (Å²) in [4.78, 5) is 0. The van der Waals surface area contributed by atoms with E-state index in [0.29, 0.717) is 5.56 Å². The van der Waals surface area contributed by atoms with Crippen molar-refractivity contribution < 1.29 is 9.84 Å². The van der Waals surface area contributed by atoms with Crippen LogP contribution in [0.1, 0.15) is 17.2 Å². The number of nitrogens with zero attached hydrogens (tertiary/aromatic N) is 1. The van der Waals surface area contributed by atoms with E-state index in [1.54, 1.807) is 24.3 Å². The van der Waals surface area contributed by atoms with E-state index in [0.717, 1.165) is 22.1 Å². The first-order valence-electron chi connectivity index (χ1n) is 7.06. The molecule has 3 aromatic rings. The molecule has 0 radical (unpaired) electrons. The van der Waals surface area contributed by atoms with Gasteiger partial charge in [0.25, 0.3) is 0 Å². The molecule has 0 aliphatic carbocycles. The number of fused-ring (bicyclic) bond motifs is 1. The van der Waals surface area contributed by atoms with Crippen LogP contribution in [0.2, 0.25) is 0 Å². The number of aliphatic hydroxyl groups is 1. The Balaban J connectivity index is 1.68. The lowest BCUT2D eigenvalue weighted by molar-refractivity contribution is 0.108. The average Bonchev–Trinajstić information content (AvgIpc) is 2.59. The molecule has 3 aromatic carbocycles. The molecule has 1 atom stereocenters. The normalized spacial score (nSPS) is 11.8. The predicted molar refractivity (Wildman–Crippen MR) is 85.6 cm³/mol. The highest BCUT2D eigenvalue weighted by Gasteiger charge is 2.08. The molecule has 0 aromatic heterocycles. The maximum absolute atomic E-state index is 10.2. The Labute approximate surface area is 129 Å². The summed E-state index contributed by atoms with van der Waals surface area (Å²) in [6.45, 7) is 0.171. The number of nitriles is 1. The number of rotatable bonds is 4. The molecule has 3 rings (SSSR count). The second-order valence-corrected chi connectivity index (χ2v) is 5.07. The highest BCUT2D eigenvalue weighted by molar-refractivity contribution is 5.83. The Morgan fingerprint density at radius 2 is 1.68 bits per heavy atom. The largest absolute Gasteiger partial charge is 0.491 e. The Morgan fingerprint density at radius 3 is 2.41 bits per heavy atom. The molecular formula is C19H15NO2. The van der Waals surface area contributed by atoms with Gasteiger partial charge in [0.15, 0.2) is 0 Å². The number of hydrogen-bond acceptors (Lipinski definition) is 3. The van der Waals surface area contributed by atoms with E-state index in [-0.39, 0.29) is 6.61 Å². The van der Waals surface area contributed by atoms with Gasteiger partial charge >= 0.3 is 0 Å². The first-order valence-corrected chi connectivity index (χ1v) is 7.06. The quantitative estimate of drug-likeness (QED) is 0.794. The van der Waals surface area contributed by atoms with Gasteiger partial charge in [0, 0.05) is 0 Å². The Morgan fingerprint density at radius 1 is 0.955 bits per heavy atom. The van der Waals surface area contributed by atoms with Crippen molar-refractivity contribution >= 4 is 10.8 Å². The summed E-state index contributed by atoms with van der Waals surface area (Å²) < 4.78 is 5.67. The second-order valence-electron chi connectivity index (χ2n) is 5.07. The zero-order valence-corrected chi connectivity index (χ0v) is 11.9. The van der Waals surface area contributed by atoms with Gasteiger partial charge < -0.3 is 9.84 Å². The zero-order chi connectivity index (χ0) is 15.4. The van der Waals surface area contributed by atoms with Crippen molar-refractivity contribution in [2.75, 3.05) is 6.61 Å². The van der Waals surface area contributed by atoms with Gasteiger partial charge in [-0.2, -0.15) is 5.26 Å². The van der Waals surface area contributed by atoms with Crippen LogP contribution in [0.4, 0.5) is 0 Å². The third-order valence-corrected chi connectivity index (χ3v) is 3.55. The van der Waals surface area contributed by atoms with E-state index in [1.165, 1.54) is 0 Å². The summed E-state index contributed by atoms with van der Waals surface area (Å²) in [5, 5.41) is 21.2. The molecule has 0 bridgehead atoms. The summed E-state index contributed by atoms with van der Waals surface area (Å²) in [5.41, 5.74) is 1.31. The first kappa shape index (κ1) is 14.1. The van der Waals surface area contributed by atoms with Crippen molar-refractivity contribution in [3.8, 4) is 11.8 Å². The van der Waals surface area contributed by atoms with Gasteiger partial charge in [0.05, 0.1) is 11.6 Å². The van der Waals surface area contributed by atoms with Crippen LogP contribution in [0.25, 0.3) is 10.8 Å². The van der Waals surface area contributed by atoms with Crippen LogP contribution in [0, 0.1) is 11.3 Å². The van der Waals surface area contributed by atoms with Crippen molar-refractivity contribution in [2.45, 2.75) is 6.10 Å². The van der Waals surface area contributed by atoms with Gasteiger partial charge in [-0.3, -0.25) is 0 Å². The van der Waals surface area contributed by atoms with Gasteiger partial charge in [0.2, 0.25) is 0 Å². The van der Waals surface area contributed by atoms with E-state index < -0.39 is 6.10 Å². The highest BCUT2D eigenvalue weighted by Crippen LogP contribution is 2.22. The molecular weight excluding hydrogens is 274 g/mol. The van der Waals surface area contributed by atoms with E-state index in [2.05, 4.69) is 6.07 Å². The number of hydrogen-bond donors (Lipinski definition) is 1. The van der Waals surface area contributed by atoms with Crippen molar-refractivity contribution in [1.82, 2.24) is 0 Å². The first-order chi connectivity index (χ1) is 10.8. The zero-order valence-electron chi connectivity index (χ0n) is 11.9. The van der Waals surface area contributed by atoms with Gasteiger partial charge in [-0.05, 0) is 40.6 Å². The SMILES string of the molecule is N#Cc1ccc(C(O)COc2ccc3ccccc3c2)cc1. The molecule has 0 aliphatic rings. The van der Waals surface area contributed by atoms with Crippen LogP contribution < -0.4 is 4.74 Å². The molecule has 1 N–H and O–H groups in total. The van der Waals surface area contributed by atoms with E-state index in [4.69, 9.17) is 10.00 Å². The molecule has 108 valence electrons. The van der Waals surface area contributed by atoms with Gasteiger partial charge in [-0.25, -0.2) is 0 Å². The van der Waals surface area contributed by atoms with Gasteiger partial charge in [-0.15, -0.1) is 0 Å². The van der Waals surface area contributed by atoms with Crippen LogP contribution in [-0.2, 0) is 0 Å². The van der Waals surface area contributed by atoms with Crippen LogP contribution in [0.5, 0.6) is 5.75 Å². The monoisotopic (exact) mass is 289 g/mol. The lowest BCUT2D eigenvalue weighted by atomic mass is 10.1. The van der Waals surface area contributed by atoms with Crippen LogP contribution in [-0.4, -0.2) is 11.7 Å². The molecule has 0 aliphatic heterocycles. The fourth-order valence-corrected chi connectivity index (χ4v) is 2.31. The molecule has 0 saturated heterocycles. The fourth-order valence-electron chi connectivity index (χ4n) is 2.31. The van der Waals surface area contributed by atoms with Crippen LogP contribution in [0.3, 0.4) is 0 Å². The lowest BCUT2D eigenvalue weighted by Crippen LogP contribution is -2.09. The second kappa shape index (κ2) is 6.30. The predicted octanol–water partition coefficient (Wildman–Crippen LogP) is 3.82. The minimum absolute atomic E-state index is 0.171. The summed E-state index contributed by atoms with van der Waals surface area (Å²) in [5.74, 6) is 0.728. The topological polar surface area (TPSA) is 53.2 Å². The van der Waals surface area contributed by atoms with E-state index in [1.807, 2.05) is 42.5 Å². The fraction of sp³-hybridized carbons (Fsp3) is 0.105. The Bertz CT molecular complexity index is 819. The summed E-state index contributed by atoms with van der Waals surface area (Å²) in [6.07, 6.45) is -0.723. The average molecular weight is 289 g/mol. The molecule has 3 nitrogen and oxygen atoms in total. The summed E-state index contributed by atoms with van der Waals surface area (Å²) in [7, 11) is 0. The summed E-state index contributed by atoms with van der Waals surface area (Å²) >= 11 is 0. The smallest absolute Gasteiger partial charge is 0.120 e. The van der Waals surface area contributed by atoms with E-state index in [9.17, 15) is 5.11 Å². The minimum Gasteiger partial charge on any atom is -0.491 e. The molecule has 0 saturated carbocycles. The third-order valence-electron chi connectivity index (χ3n) is 3.55. The van der Waals surface area contributed by atoms with Crippen LogP contribution >= 0.6 is 0 Å². The number of ether oxygens (including phenoxy) is 1. The van der Waals surface area contributed by atoms with Crippen LogP contribution in [0.15, 0.2) is 66.7 Å². The van der Waals surface area contributed by atoms with Crippen molar-refractivity contribution in [3.05, 3.63) is 77.9 Å². The third kappa shape index (κ3) is 3.08. The standard InChI is InChI=1S/C19H15NO2/c20-12-14-5-7-16(8-6-14)19(21)13-22-18-10-9-15-3-1-2-4-17(15)11-18/h1-11,19,21H,13H2. The minimum atomic E-state index is -0.723. The number of benzene rings is 3. The number of aliphatic hydroxyl groups excluding tert-OH is 1. The molecule has 0 heterocycles.